The Morgan fingerprint density at radius 1 is 0.963 bits per heavy atom. The fourth-order valence-corrected chi connectivity index (χ4v) is 3.59. The Kier molecular flexibility index (Phi) is 5.20. The van der Waals surface area contributed by atoms with Crippen molar-refractivity contribution >= 4 is 23.1 Å². The quantitative estimate of drug-likeness (QED) is 0.895. The number of nitrogens with zero attached hydrogens (tertiary/aromatic N) is 5. The molecule has 7 heteroatoms. The predicted octanol–water partition coefficient (Wildman–Crippen LogP) is 2.21. The molecule has 4 rings (SSSR count). The van der Waals surface area contributed by atoms with Gasteiger partial charge in [0, 0.05) is 56.7 Å². The number of likely N-dealkylation sites (N-methyl/N-ethyl adjacent to an activating group) is 1. The molecule has 3 heterocycles. The van der Waals surface area contributed by atoms with Crippen LogP contribution in [0, 0.1) is 0 Å². The van der Waals surface area contributed by atoms with Crippen molar-refractivity contribution in [3.8, 4) is 0 Å². The number of rotatable bonds is 4. The van der Waals surface area contributed by atoms with Crippen molar-refractivity contribution in [2.24, 2.45) is 0 Å². The summed E-state index contributed by atoms with van der Waals surface area (Å²) in [4.78, 5) is 27.6. The van der Waals surface area contributed by atoms with E-state index in [-0.39, 0.29) is 5.91 Å². The van der Waals surface area contributed by atoms with Gasteiger partial charge in [-0.15, -0.1) is 0 Å². The molecule has 1 N–H and O–H groups in total. The Morgan fingerprint density at radius 3 is 2.37 bits per heavy atom. The first-order chi connectivity index (χ1) is 13.2. The minimum atomic E-state index is -0.0297. The first kappa shape index (κ1) is 17.7. The van der Waals surface area contributed by atoms with Crippen LogP contribution < -0.4 is 10.2 Å². The number of aromatic nitrogens is 2. The summed E-state index contributed by atoms with van der Waals surface area (Å²) in [7, 11) is 2.07. The number of carbonyl (C=O) groups is 1. The molecule has 0 saturated carbocycles. The number of hydrogen-bond donors (Lipinski definition) is 1. The molecule has 7 nitrogen and oxygen atoms in total. The van der Waals surface area contributed by atoms with Crippen molar-refractivity contribution in [2.75, 3.05) is 56.5 Å². The lowest BCUT2D eigenvalue weighted by Crippen LogP contribution is -2.47. The lowest BCUT2D eigenvalue weighted by atomic mass is 10.2. The van der Waals surface area contributed by atoms with E-state index in [1.807, 2.05) is 4.90 Å². The zero-order valence-electron chi connectivity index (χ0n) is 15.8. The van der Waals surface area contributed by atoms with Crippen molar-refractivity contribution in [1.29, 1.82) is 0 Å². The van der Waals surface area contributed by atoms with Crippen LogP contribution in [0.4, 0.5) is 17.2 Å². The number of hydrogen-bond acceptors (Lipinski definition) is 6. The number of piperazine rings is 1. The molecule has 0 unspecified atom stereocenters. The third-order valence-corrected chi connectivity index (χ3v) is 5.29. The van der Waals surface area contributed by atoms with Crippen LogP contribution in [0.5, 0.6) is 0 Å². The van der Waals surface area contributed by atoms with Gasteiger partial charge < -0.3 is 20.0 Å². The standard InChI is InChI=1S/C20H26N6O/c1-24-10-12-26(13-11-24)20(27)18-14-19(22-15-21-18)23-16-4-6-17(7-5-16)25-8-2-3-9-25/h4-7,14-15H,2-3,8-13H2,1H3,(H,21,22,23). The molecule has 2 aliphatic heterocycles. The molecule has 0 atom stereocenters. The van der Waals surface area contributed by atoms with Crippen molar-refractivity contribution in [2.45, 2.75) is 12.8 Å². The summed E-state index contributed by atoms with van der Waals surface area (Å²) in [5.41, 5.74) is 2.65. The summed E-state index contributed by atoms with van der Waals surface area (Å²) in [6.45, 7) is 5.53. The lowest BCUT2D eigenvalue weighted by Gasteiger charge is -2.32. The van der Waals surface area contributed by atoms with E-state index in [1.165, 1.54) is 24.9 Å². The summed E-state index contributed by atoms with van der Waals surface area (Å²) < 4.78 is 0. The van der Waals surface area contributed by atoms with Crippen molar-refractivity contribution in [3.63, 3.8) is 0 Å². The van der Waals surface area contributed by atoms with E-state index in [1.54, 1.807) is 6.07 Å². The van der Waals surface area contributed by atoms with Crippen molar-refractivity contribution in [1.82, 2.24) is 19.8 Å². The van der Waals surface area contributed by atoms with Crippen LogP contribution in [-0.2, 0) is 0 Å². The van der Waals surface area contributed by atoms with Crippen LogP contribution in [0.1, 0.15) is 23.3 Å². The summed E-state index contributed by atoms with van der Waals surface area (Å²) in [5.74, 6) is 0.606. The Bertz CT molecular complexity index is 779. The Balaban J connectivity index is 1.42. The number of amides is 1. The second kappa shape index (κ2) is 7.92. The van der Waals surface area contributed by atoms with Crippen molar-refractivity contribution < 1.29 is 4.79 Å². The largest absolute Gasteiger partial charge is 0.372 e. The van der Waals surface area contributed by atoms with Gasteiger partial charge in [0.1, 0.15) is 17.8 Å². The highest BCUT2D eigenvalue weighted by Gasteiger charge is 2.21. The van der Waals surface area contributed by atoms with Gasteiger partial charge in [0.2, 0.25) is 0 Å². The average molecular weight is 366 g/mol. The Labute approximate surface area is 160 Å². The minimum Gasteiger partial charge on any atom is -0.372 e. The molecule has 0 aliphatic carbocycles. The maximum atomic E-state index is 12.7. The molecule has 2 fully saturated rings. The Hall–Kier alpha value is -2.67. The highest BCUT2D eigenvalue weighted by atomic mass is 16.2. The molecule has 142 valence electrons. The number of anilines is 3. The molecule has 0 bridgehead atoms. The van der Waals surface area contributed by atoms with Gasteiger partial charge in [-0.05, 0) is 44.2 Å². The number of benzene rings is 1. The zero-order chi connectivity index (χ0) is 18.6. The molecule has 1 aromatic carbocycles. The fraction of sp³-hybridized carbons (Fsp3) is 0.450. The molecule has 0 spiro atoms. The van der Waals surface area contributed by atoms with Gasteiger partial charge in [0.05, 0.1) is 0 Å². The third kappa shape index (κ3) is 4.19. The first-order valence-electron chi connectivity index (χ1n) is 9.61. The van der Waals surface area contributed by atoms with Gasteiger partial charge in [-0.3, -0.25) is 4.79 Å². The zero-order valence-corrected chi connectivity index (χ0v) is 15.8. The molecule has 2 saturated heterocycles. The van der Waals surface area contributed by atoms with Crippen LogP contribution in [0.3, 0.4) is 0 Å². The van der Waals surface area contributed by atoms with Crippen LogP contribution >= 0.6 is 0 Å². The lowest BCUT2D eigenvalue weighted by molar-refractivity contribution is 0.0658. The third-order valence-electron chi connectivity index (χ3n) is 5.29. The first-order valence-corrected chi connectivity index (χ1v) is 9.61. The summed E-state index contributed by atoms with van der Waals surface area (Å²) in [6.07, 6.45) is 3.99. The van der Waals surface area contributed by atoms with Gasteiger partial charge in [-0.1, -0.05) is 0 Å². The van der Waals surface area contributed by atoms with Gasteiger partial charge in [-0.25, -0.2) is 9.97 Å². The molecular weight excluding hydrogens is 340 g/mol. The summed E-state index contributed by atoms with van der Waals surface area (Å²) >= 11 is 0. The highest BCUT2D eigenvalue weighted by molar-refractivity contribution is 5.93. The maximum absolute atomic E-state index is 12.7. The van der Waals surface area contributed by atoms with E-state index in [2.05, 4.69) is 56.4 Å². The Morgan fingerprint density at radius 2 is 1.67 bits per heavy atom. The smallest absolute Gasteiger partial charge is 0.272 e. The number of carbonyl (C=O) groups excluding carboxylic acids is 1. The number of nitrogens with one attached hydrogen (secondary N) is 1. The van der Waals surface area contributed by atoms with E-state index in [9.17, 15) is 4.79 Å². The highest BCUT2D eigenvalue weighted by Crippen LogP contribution is 2.23. The fourth-order valence-electron chi connectivity index (χ4n) is 3.59. The molecular formula is C20H26N6O. The second-order valence-corrected chi connectivity index (χ2v) is 7.25. The van der Waals surface area contributed by atoms with Crippen molar-refractivity contribution in [3.05, 3.63) is 42.4 Å². The maximum Gasteiger partial charge on any atom is 0.272 e. The topological polar surface area (TPSA) is 64.6 Å². The monoisotopic (exact) mass is 366 g/mol. The molecule has 0 radical (unpaired) electrons. The van der Waals surface area contributed by atoms with Gasteiger partial charge in [0.15, 0.2) is 0 Å². The van der Waals surface area contributed by atoms with Crippen LogP contribution in [0.2, 0.25) is 0 Å². The normalized spacial score (nSPS) is 18.0. The van der Waals surface area contributed by atoms with Gasteiger partial charge in [0.25, 0.3) is 5.91 Å². The van der Waals surface area contributed by atoms with Gasteiger partial charge in [-0.2, -0.15) is 0 Å². The minimum absolute atomic E-state index is 0.0297. The molecule has 2 aromatic rings. The molecule has 2 aliphatic rings. The van der Waals surface area contributed by atoms with Crippen LogP contribution in [0.25, 0.3) is 0 Å². The van der Waals surface area contributed by atoms with Crippen LogP contribution in [-0.4, -0.2) is 72.0 Å². The van der Waals surface area contributed by atoms with E-state index in [4.69, 9.17) is 0 Å². The summed E-state index contributed by atoms with van der Waals surface area (Å²) in [6, 6.07) is 10.1. The second-order valence-electron chi connectivity index (χ2n) is 7.25. The molecule has 1 aromatic heterocycles. The van der Waals surface area contributed by atoms with E-state index < -0.39 is 0 Å². The average Bonchev–Trinajstić information content (AvgIpc) is 3.24. The molecule has 1 amide bonds. The SMILES string of the molecule is CN1CCN(C(=O)c2cc(Nc3ccc(N4CCCC4)cc3)ncn2)CC1. The van der Waals surface area contributed by atoms with Gasteiger partial charge >= 0.3 is 0 Å². The van der Waals surface area contributed by atoms with E-state index in [0.717, 1.165) is 45.0 Å². The summed E-state index contributed by atoms with van der Waals surface area (Å²) in [5, 5.41) is 3.28. The van der Waals surface area contributed by atoms with E-state index >= 15 is 0 Å². The predicted molar refractivity (Wildman–Crippen MR) is 107 cm³/mol. The van der Waals surface area contributed by atoms with E-state index in [0.29, 0.717) is 11.5 Å². The molecule has 27 heavy (non-hydrogen) atoms. The van der Waals surface area contributed by atoms with Crippen LogP contribution in [0.15, 0.2) is 36.7 Å².